The first kappa shape index (κ1) is 24.6. The summed E-state index contributed by atoms with van der Waals surface area (Å²) in [5.74, 6) is 0.466. The summed E-state index contributed by atoms with van der Waals surface area (Å²) in [4.78, 5) is 32.4. The number of amidine groups is 1. The van der Waals surface area contributed by atoms with E-state index < -0.39 is 4.92 Å². The molecule has 1 saturated heterocycles. The highest BCUT2D eigenvalue weighted by molar-refractivity contribution is 8.18. The molecule has 0 unspecified atom stereocenters. The van der Waals surface area contributed by atoms with Crippen molar-refractivity contribution in [2.24, 2.45) is 4.99 Å². The van der Waals surface area contributed by atoms with Crippen LogP contribution < -0.4 is 9.64 Å². The Morgan fingerprint density at radius 1 is 0.946 bits per heavy atom. The Morgan fingerprint density at radius 2 is 1.59 bits per heavy atom. The summed E-state index contributed by atoms with van der Waals surface area (Å²) < 4.78 is 5.79. The molecule has 1 fully saturated rings. The number of carbonyl (C=O) groups is 1. The van der Waals surface area contributed by atoms with Crippen molar-refractivity contribution in [3.63, 3.8) is 0 Å². The number of nitro groups is 1. The fraction of sp³-hybridized carbons (Fsp3) is 0.214. The minimum absolute atomic E-state index is 0.0529. The summed E-state index contributed by atoms with van der Waals surface area (Å²) in [6.45, 7) is 5.81. The zero-order valence-electron chi connectivity index (χ0n) is 20.4. The summed E-state index contributed by atoms with van der Waals surface area (Å²) in [6, 6.07) is 22.3. The number of aryl methyl sites for hydroxylation is 1. The molecule has 2 aliphatic rings. The quantitative estimate of drug-likeness (QED) is 0.251. The average Bonchev–Trinajstić information content (AvgIpc) is 3.29. The molecule has 2 aliphatic heterocycles. The van der Waals surface area contributed by atoms with E-state index in [9.17, 15) is 14.9 Å². The molecule has 3 aromatic rings. The number of nitro benzene ring substituents is 1. The number of thioether (sulfide) groups is 1. The van der Waals surface area contributed by atoms with Crippen LogP contribution in [0.2, 0.25) is 0 Å². The van der Waals surface area contributed by atoms with E-state index in [1.807, 2.05) is 30.3 Å². The number of benzene rings is 3. The molecule has 0 saturated carbocycles. The number of anilines is 1. The van der Waals surface area contributed by atoms with E-state index in [0.717, 1.165) is 42.5 Å². The molecule has 3 aromatic carbocycles. The number of amides is 1. The molecule has 0 bridgehead atoms. The molecule has 0 atom stereocenters. The average molecular weight is 515 g/mol. The van der Waals surface area contributed by atoms with E-state index in [2.05, 4.69) is 46.0 Å². The molecule has 2 heterocycles. The molecule has 1 amide bonds. The van der Waals surface area contributed by atoms with Gasteiger partial charge in [-0.3, -0.25) is 14.9 Å². The molecule has 0 N–H and O–H groups in total. The van der Waals surface area contributed by atoms with Gasteiger partial charge in [-0.15, -0.1) is 0 Å². The van der Waals surface area contributed by atoms with Gasteiger partial charge in [0, 0.05) is 44.0 Å². The predicted octanol–water partition coefficient (Wildman–Crippen LogP) is 5.27. The summed E-state index contributed by atoms with van der Waals surface area (Å²) in [5, 5.41) is 11.5. The first-order valence-corrected chi connectivity index (χ1v) is 12.8. The Labute approximate surface area is 219 Å². The van der Waals surface area contributed by atoms with Crippen LogP contribution in [0.25, 0.3) is 6.08 Å². The van der Waals surface area contributed by atoms with Gasteiger partial charge in [-0.1, -0.05) is 29.8 Å². The maximum absolute atomic E-state index is 12.6. The topological polar surface area (TPSA) is 88.3 Å². The molecule has 8 nitrogen and oxygen atoms in total. The Hall–Kier alpha value is -4.11. The largest absolute Gasteiger partial charge is 0.489 e. The number of aliphatic imine (C=N–C) groups is 1. The van der Waals surface area contributed by atoms with Crippen molar-refractivity contribution < 1.29 is 14.5 Å². The number of piperazine rings is 1. The van der Waals surface area contributed by atoms with Crippen LogP contribution in [0.3, 0.4) is 0 Å². The molecule has 188 valence electrons. The summed E-state index contributed by atoms with van der Waals surface area (Å²) >= 11 is 1.42. The zero-order chi connectivity index (χ0) is 25.8. The Kier molecular flexibility index (Phi) is 7.23. The summed E-state index contributed by atoms with van der Waals surface area (Å²) in [5.41, 5.74) is 4.26. The molecule has 0 aliphatic carbocycles. The number of carbonyl (C=O) groups excluding carboxylic acids is 1. The van der Waals surface area contributed by atoms with Crippen LogP contribution in [0.1, 0.15) is 16.7 Å². The lowest BCUT2D eigenvalue weighted by Gasteiger charge is -2.36. The fourth-order valence-electron chi connectivity index (χ4n) is 4.14. The van der Waals surface area contributed by atoms with Gasteiger partial charge in [0.05, 0.1) is 9.83 Å². The van der Waals surface area contributed by atoms with Crippen molar-refractivity contribution in [2.75, 3.05) is 31.1 Å². The van der Waals surface area contributed by atoms with Gasteiger partial charge in [-0.05, 0) is 72.3 Å². The number of hydrogen-bond acceptors (Lipinski definition) is 7. The second kappa shape index (κ2) is 10.9. The lowest BCUT2D eigenvalue weighted by Crippen LogP contribution is -2.47. The van der Waals surface area contributed by atoms with Crippen molar-refractivity contribution in [1.82, 2.24) is 4.90 Å². The lowest BCUT2D eigenvalue weighted by atomic mass is 10.2. The van der Waals surface area contributed by atoms with Crippen LogP contribution in [0.5, 0.6) is 5.75 Å². The number of hydrogen-bond donors (Lipinski definition) is 0. The monoisotopic (exact) mass is 514 g/mol. The highest BCUT2D eigenvalue weighted by Crippen LogP contribution is 2.31. The number of non-ortho nitro benzene ring substituents is 1. The molecule has 0 aromatic heterocycles. The SMILES string of the molecule is Cc1ccc(N2CCN(C3=NC(=O)/C(=C\c4ccc(OCc5ccc([N+](=O)[O-])cc5)cc4)S3)CC2)cc1. The Balaban J connectivity index is 1.14. The van der Waals surface area contributed by atoms with E-state index >= 15 is 0 Å². The number of nitrogens with zero attached hydrogens (tertiary/aromatic N) is 4. The number of ether oxygens (including phenoxy) is 1. The van der Waals surface area contributed by atoms with Crippen LogP contribution in [0.15, 0.2) is 82.7 Å². The van der Waals surface area contributed by atoms with E-state index in [1.54, 1.807) is 12.1 Å². The van der Waals surface area contributed by atoms with Gasteiger partial charge in [0.2, 0.25) is 0 Å². The molecular formula is C28H26N4O4S. The lowest BCUT2D eigenvalue weighted by molar-refractivity contribution is -0.384. The predicted molar refractivity (Wildman–Crippen MR) is 147 cm³/mol. The first-order valence-electron chi connectivity index (χ1n) is 12.0. The van der Waals surface area contributed by atoms with Crippen LogP contribution >= 0.6 is 11.8 Å². The normalized spacial score (nSPS) is 16.7. The van der Waals surface area contributed by atoms with Gasteiger partial charge < -0.3 is 14.5 Å². The third-order valence-electron chi connectivity index (χ3n) is 6.29. The molecule has 37 heavy (non-hydrogen) atoms. The van der Waals surface area contributed by atoms with Crippen LogP contribution in [-0.2, 0) is 11.4 Å². The second-order valence-electron chi connectivity index (χ2n) is 8.90. The standard InChI is InChI=1S/C28H26N4O4S/c1-20-2-8-23(9-3-20)30-14-16-31(17-15-30)28-29-27(33)26(37-28)18-21-6-12-25(13-7-21)36-19-22-4-10-24(11-5-22)32(34)35/h2-13,18H,14-17,19H2,1H3/b26-18+. The van der Waals surface area contributed by atoms with Crippen molar-refractivity contribution in [2.45, 2.75) is 13.5 Å². The maximum Gasteiger partial charge on any atom is 0.286 e. The zero-order valence-corrected chi connectivity index (χ0v) is 21.2. The van der Waals surface area contributed by atoms with Crippen molar-refractivity contribution in [3.8, 4) is 5.75 Å². The van der Waals surface area contributed by atoms with Gasteiger partial charge in [-0.25, -0.2) is 0 Å². The third-order valence-corrected chi connectivity index (χ3v) is 7.33. The third kappa shape index (κ3) is 6.00. The van der Waals surface area contributed by atoms with Gasteiger partial charge in [0.15, 0.2) is 5.17 Å². The van der Waals surface area contributed by atoms with Gasteiger partial charge in [0.1, 0.15) is 12.4 Å². The Bertz CT molecular complexity index is 1340. The number of rotatable bonds is 6. The van der Waals surface area contributed by atoms with Crippen LogP contribution in [0, 0.1) is 17.0 Å². The van der Waals surface area contributed by atoms with Crippen molar-refractivity contribution >= 4 is 40.3 Å². The molecule has 0 spiro atoms. The van der Waals surface area contributed by atoms with E-state index in [4.69, 9.17) is 4.74 Å². The second-order valence-corrected chi connectivity index (χ2v) is 9.91. The first-order chi connectivity index (χ1) is 17.9. The fourth-order valence-corrected chi connectivity index (χ4v) is 5.10. The van der Waals surface area contributed by atoms with E-state index in [0.29, 0.717) is 17.3 Å². The molecule has 9 heteroatoms. The molecular weight excluding hydrogens is 488 g/mol. The van der Waals surface area contributed by atoms with Gasteiger partial charge >= 0.3 is 0 Å². The highest BCUT2D eigenvalue weighted by atomic mass is 32.2. The molecule has 0 radical (unpaired) electrons. The highest BCUT2D eigenvalue weighted by Gasteiger charge is 2.28. The van der Waals surface area contributed by atoms with E-state index in [-0.39, 0.29) is 11.6 Å². The van der Waals surface area contributed by atoms with Crippen molar-refractivity contribution in [3.05, 3.63) is 105 Å². The van der Waals surface area contributed by atoms with Crippen LogP contribution in [0.4, 0.5) is 11.4 Å². The smallest absolute Gasteiger partial charge is 0.286 e. The minimum atomic E-state index is -0.425. The summed E-state index contributed by atoms with van der Waals surface area (Å²) in [6.07, 6.45) is 1.85. The van der Waals surface area contributed by atoms with E-state index in [1.165, 1.54) is 35.1 Å². The summed E-state index contributed by atoms with van der Waals surface area (Å²) in [7, 11) is 0. The van der Waals surface area contributed by atoms with Gasteiger partial charge in [0.25, 0.3) is 11.6 Å². The van der Waals surface area contributed by atoms with Crippen molar-refractivity contribution in [1.29, 1.82) is 0 Å². The maximum atomic E-state index is 12.6. The minimum Gasteiger partial charge on any atom is -0.489 e. The van der Waals surface area contributed by atoms with Crippen LogP contribution in [-0.4, -0.2) is 47.1 Å². The molecule has 5 rings (SSSR count). The Morgan fingerprint density at radius 3 is 2.24 bits per heavy atom. The van der Waals surface area contributed by atoms with Gasteiger partial charge in [-0.2, -0.15) is 4.99 Å².